The molecule has 1 aromatic heterocycles. The molecule has 0 radical (unpaired) electrons. The number of rotatable bonds is 5. The number of aryl methyl sites for hydroxylation is 1. The van der Waals surface area contributed by atoms with E-state index in [4.69, 9.17) is 5.73 Å². The summed E-state index contributed by atoms with van der Waals surface area (Å²) in [7, 11) is 0. The number of nitrogens with two attached hydrogens (primary N) is 1. The van der Waals surface area contributed by atoms with Crippen LogP contribution < -0.4 is 11.1 Å². The van der Waals surface area contributed by atoms with Crippen LogP contribution in [0.4, 0.5) is 0 Å². The predicted molar refractivity (Wildman–Crippen MR) is 79.1 cm³/mol. The van der Waals surface area contributed by atoms with Crippen molar-refractivity contribution in [1.29, 1.82) is 0 Å². The van der Waals surface area contributed by atoms with Gasteiger partial charge in [-0.05, 0) is 43.3 Å². The summed E-state index contributed by atoms with van der Waals surface area (Å²) in [5.41, 5.74) is 6.78. The highest BCUT2D eigenvalue weighted by Crippen LogP contribution is 2.22. The molecule has 0 saturated carbocycles. The maximum atomic E-state index is 12.0. The number of carbonyl (C=O) groups is 1. The topological polar surface area (TPSA) is 58.4 Å². The minimum absolute atomic E-state index is 0.126. The highest BCUT2D eigenvalue weighted by atomic mass is 32.1. The number of nitrogens with one attached hydrogen (secondary N) is 1. The van der Waals surface area contributed by atoms with Gasteiger partial charge in [0.05, 0.1) is 5.92 Å². The molecular formula is C14H23N3OS. The number of hydrogen-bond acceptors (Lipinski definition) is 4. The van der Waals surface area contributed by atoms with Crippen molar-refractivity contribution in [2.75, 3.05) is 26.2 Å². The fraction of sp³-hybridized carbons (Fsp3) is 0.643. The first-order chi connectivity index (χ1) is 9.20. The van der Waals surface area contributed by atoms with E-state index < -0.39 is 0 Å². The number of nitrogens with zero attached hydrogens (tertiary/aromatic N) is 1. The Morgan fingerprint density at radius 1 is 1.63 bits per heavy atom. The van der Waals surface area contributed by atoms with Crippen molar-refractivity contribution >= 4 is 17.2 Å². The van der Waals surface area contributed by atoms with Crippen LogP contribution in [0.3, 0.4) is 0 Å². The van der Waals surface area contributed by atoms with E-state index in [2.05, 4.69) is 28.6 Å². The van der Waals surface area contributed by atoms with Crippen molar-refractivity contribution in [2.45, 2.75) is 26.3 Å². The van der Waals surface area contributed by atoms with E-state index in [0.717, 1.165) is 32.5 Å². The fourth-order valence-electron chi connectivity index (χ4n) is 2.52. The summed E-state index contributed by atoms with van der Waals surface area (Å²) in [6, 6.07) is 2.16. The Bertz CT molecular complexity index is 419. The SMILES string of the molecule is Cc1ccsc1CN1CCCC(C(=O)NCCN)C1. The summed E-state index contributed by atoms with van der Waals surface area (Å²) in [4.78, 5) is 15.8. The van der Waals surface area contributed by atoms with E-state index in [-0.39, 0.29) is 11.8 Å². The minimum Gasteiger partial charge on any atom is -0.355 e. The Labute approximate surface area is 119 Å². The van der Waals surface area contributed by atoms with E-state index in [1.54, 1.807) is 0 Å². The van der Waals surface area contributed by atoms with Crippen molar-refractivity contribution in [1.82, 2.24) is 10.2 Å². The smallest absolute Gasteiger partial charge is 0.224 e. The van der Waals surface area contributed by atoms with Gasteiger partial charge in [0.25, 0.3) is 0 Å². The lowest BCUT2D eigenvalue weighted by molar-refractivity contribution is -0.126. The normalized spacial score (nSPS) is 20.4. The van der Waals surface area contributed by atoms with Gasteiger partial charge in [-0.15, -0.1) is 11.3 Å². The van der Waals surface area contributed by atoms with Crippen LogP contribution in [0.2, 0.25) is 0 Å². The minimum atomic E-state index is 0.126. The van der Waals surface area contributed by atoms with Gasteiger partial charge in [0, 0.05) is 31.1 Å². The number of amides is 1. The van der Waals surface area contributed by atoms with E-state index >= 15 is 0 Å². The van der Waals surface area contributed by atoms with Crippen LogP contribution >= 0.6 is 11.3 Å². The maximum absolute atomic E-state index is 12.0. The second-order valence-corrected chi connectivity index (χ2v) is 6.18. The van der Waals surface area contributed by atoms with Crippen molar-refractivity contribution in [3.8, 4) is 0 Å². The first-order valence-corrected chi connectivity index (χ1v) is 7.81. The number of likely N-dealkylation sites (tertiary alicyclic amines) is 1. The van der Waals surface area contributed by atoms with E-state index in [0.29, 0.717) is 13.1 Å². The maximum Gasteiger partial charge on any atom is 0.224 e. The third kappa shape index (κ3) is 4.03. The van der Waals surface area contributed by atoms with Gasteiger partial charge >= 0.3 is 0 Å². The average Bonchev–Trinajstić information content (AvgIpc) is 2.82. The third-order valence-corrected chi connectivity index (χ3v) is 4.66. The first kappa shape index (κ1) is 14.5. The first-order valence-electron chi connectivity index (χ1n) is 6.94. The van der Waals surface area contributed by atoms with Gasteiger partial charge in [0.1, 0.15) is 0 Å². The molecule has 1 amide bonds. The average molecular weight is 281 g/mol. The van der Waals surface area contributed by atoms with Crippen molar-refractivity contribution in [3.05, 3.63) is 21.9 Å². The van der Waals surface area contributed by atoms with Crippen LogP contribution in [0.25, 0.3) is 0 Å². The Morgan fingerprint density at radius 2 is 2.47 bits per heavy atom. The molecule has 1 aliphatic heterocycles. The van der Waals surface area contributed by atoms with Crippen LogP contribution in [0.15, 0.2) is 11.4 Å². The Morgan fingerprint density at radius 3 is 3.16 bits per heavy atom. The highest BCUT2D eigenvalue weighted by molar-refractivity contribution is 7.10. The number of hydrogen-bond donors (Lipinski definition) is 2. The molecule has 1 fully saturated rings. The van der Waals surface area contributed by atoms with Gasteiger partial charge in [0.15, 0.2) is 0 Å². The molecule has 0 aromatic carbocycles. The van der Waals surface area contributed by atoms with Crippen molar-refractivity contribution in [3.63, 3.8) is 0 Å². The number of piperidine rings is 1. The van der Waals surface area contributed by atoms with E-state index in [1.807, 2.05) is 11.3 Å². The van der Waals surface area contributed by atoms with Gasteiger partial charge in [-0.3, -0.25) is 9.69 Å². The number of thiophene rings is 1. The Balaban J connectivity index is 1.86. The quantitative estimate of drug-likeness (QED) is 0.856. The van der Waals surface area contributed by atoms with Crippen LogP contribution in [0, 0.1) is 12.8 Å². The second-order valence-electron chi connectivity index (χ2n) is 5.18. The third-order valence-electron chi connectivity index (χ3n) is 3.66. The molecule has 1 atom stereocenters. The molecule has 5 heteroatoms. The predicted octanol–water partition coefficient (Wildman–Crippen LogP) is 1.34. The highest BCUT2D eigenvalue weighted by Gasteiger charge is 2.25. The van der Waals surface area contributed by atoms with E-state index in [9.17, 15) is 4.79 Å². The molecule has 106 valence electrons. The molecule has 19 heavy (non-hydrogen) atoms. The molecule has 4 nitrogen and oxygen atoms in total. The molecule has 2 heterocycles. The lowest BCUT2D eigenvalue weighted by Crippen LogP contribution is -2.43. The lowest BCUT2D eigenvalue weighted by Gasteiger charge is -2.31. The van der Waals surface area contributed by atoms with Crippen molar-refractivity contribution in [2.24, 2.45) is 11.7 Å². The molecule has 1 aromatic rings. The van der Waals surface area contributed by atoms with Crippen LogP contribution in [-0.4, -0.2) is 37.0 Å². The Hall–Kier alpha value is -0.910. The van der Waals surface area contributed by atoms with Gasteiger partial charge < -0.3 is 11.1 Å². The van der Waals surface area contributed by atoms with E-state index in [1.165, 1.54) is 10.4 Å². The Kier molecular flexibility index (Phi) is 5.36. The van der Waals surface area contributed by atoms with Gasteiger partial charge in [-0.25, -0.2) is 0 Å². The van der Waals surface area contributed by atoms with Crippen LogP contribution in [0.5, 0.6) is 0 Å². The summed E-state index contributed by atoms with van der Waals surface area (Å²) in [5.74, 6) is 0.290. The monoisotopic (exact) mass is 281 g/mol. The van der Waals surface area contributed by atoms with Crippen LogP contribution in [0.1, 0.15) is 23.3 Å². The number of carbonyl (C=O) groups excluding carboxylic acids is 1. The van der Waals surface area contributed by atoms with Gasteiger partial charge in [-0.2, -0.15) is 0 Å². The van der Waals surface area contributed by atoms with Gasteiger partial charge in [-0.1, -0.05) is 0 Å². The zero-order valence-corrected chi connectivity index (χ0v) is 12.3. The zero-order chi connectivity index (χ0) is 13.7. The summed E-state index contributed by atoms with van der Waals surface area (Å²) in [5, 5.41) is 5.04. The molecule has 3 N–H and O–H groups in total. The summed E-state index contributed by atoms with van der Waals surface area (Å²) in [6.45, 7) is 6.19. The molecule has 2 rings (SSSR count). The molecule has 1 unspecified atom stereocenters. The molecule has 0 spiro atoms. The summed E-state index contributed by atoms with van der Waals surface area (Å²) >= 11 is 1.81. The standard InChI is InChI=1S/C14H23N3OS/c1-11-4-8-19-13(11)10-17-7-2-3-12(9-17)14(18)16-6-5-15/h4,8,12H,2-3,5-7,9-10,15H2,1H3,(H,16,18). The molecule has 1 aliphatic rings. The zero-order valence-electron chi connectivity index (χ0n) is 11.5. The van der Waals surface area contributed by atoms with Crippen molar-refractivity contribution < 1.29 is 4.79 Å². The molecular weight excluding hydrogens is 258 g/mol. The molecule has 1 saturated heterocycles. The fourth-order valence-corrected chi connectivity index (χ4v) is 3.47. The lowest BCUT2D eigenvalue weighted by atomic mass is 9.97. The summed E-state index contributed by atoms with van der Waals surface area (Å²) in [6.07, 6.45) is 2.10. The molecule has 0 bridgehead atoms. The van der Waals surface area contributed by atoms with Crippen LogP contribution in [-0.2, 0) is 11.3 Å². The summed E-state index contributed by atoms with van der Waals surface area (Å²) < 4.78 is 0. The molecule has 0 aliphatic carbocycles. The largest absolute Gasteiger partial charge is 0.355 e. The second kappa shape index (κ2) is 7.03. The van der Waals surface area contributed by atoms with Gasteiger partial charge in [0.2, 0.25) is 5.91 Å².